The number of halogens is 2. The first-order valence-corrected chi connectivity index (χ1v) is 20.8. The Labute approximate surface area is 238 Å². The van der Waals surface area contributed by atoms with E-state index in [0.717, 1.165) is 51.4 Å². The number of fused-ring (bicyclic) bond motifs is 2. The van der Waals surface area contributed by atoms with E-state index in [1.807, 2.05) is 0 Å². The Hall–Kier alpha value is -0.786. The van der Waals surface area contributed by atoms with E-state index >= 15 is 0 Å². The number of allylic oxidation sites excluding steroid dienone is 2. The molecule has 2 aromatic rings. The fourth-order valence-electron chi connectivity index (χ4n) is 7.19. The molecule has 0 bridgehead atoms. The van der Waals surface area contributed by atoms with E-state index in [9.17, 15) is 0 Å². The van der Waals surface area contributed by atoms with E-state index in [1.54, 1.807) is 0 Å². The minimum atomic E-state index is -3.88. The molecule has 0 aliphatic heterocycles. The second kappa shape index (κ2) is 12.6. The zero-order valence-electron chi connectivity index (χ0n) is 23.5. The third kappa shape index (κ3) is 4.88. The first kappa shape index (κ1) is 29.2. The predicted octanol–water partition coefficient (Wildman–Crippen LogP) is 11.8. The second-order valence-corrected chi connectivity index (χ2v) is 21.2. The van der Waals surface area contributed by atoms with Crippen molar-refractivity contribution in [2.75, 3.05) is 0 Å². The molecule has 0 nitrogen and oxygen atoms in total. The Morgan fingerprint density at radius 1 is 0.568 bits per heavy atom. The molecule has 0 aromatic heterocycles. The van der Waals surface area contributed by atoms with Gasteiger partial charge in [0.15, 0.2) is 0 Å². The van der Waals surface area contributed by atoms with Crippen LogP contribution in [0.1, 0.15) is 127 Å². The topological polar surface area (TPSA) is 0 Å². The van der Waals surface area contributed by atoms with Crippen molar-refractivity contribution in [2.24, 2.45) is 0 Å². The molecule has 2 aromatic carbocycles. The van der Waals surface area contributed by atoms with Crippen LogP contribution in [0.5, 0.6) is 0 Å². The SMILES string of the molecule is CCCCC1=Cc2ccccc2[C]1(CCCC)[Ti]([Cl])([Cl])[C]1(CCCC)C(CCCC)=Cc2ccccc21. The molecule has 0 heterocycles. The van der Waals surface area contributed by atoms with Crippen LogP contribution in [0.3, 0.4) is 0 Å². The van der Waals surface area contributed by atoms with Crippen molar-refractivity contribution in [3.05, 3.63) is 81.9 Å². The van der Waals surface area contributed by atoms with Gasteiger partial charge in [0.05, 0.1) is 0 Å². The van der Waals surface area contributed by atoms with Crippen molar-refractivity contribution < 1.29 is 14.5 Å². The van der Waals surface area contributed by atoms with Crippen LogP contribution in [-0.4, -0.2) is 0 Å². The van der Waals surface area contributed by atoms with E-state index in [-0.39, 0.29) is 7.44 Å². The van der Waals surface area contributed by atoms with Crippen LogP contribution in [-0.2, 0) is 21.9 Å². The fraction of sp³-hybridized carbons (Fsp3) is 0.529. The van der Waals surface area contributed by atoms with Gasteiger partial charge >= 0.3 is 239 Å². The van der Waals surface area contributed by atoms with E-state index in [2.05, 4.69) is 88.4 Å². The molecule has 2 atom stereocenters. The summed E-state index contributed by atoms with van der Waals surface area (Å²) in [5.41, 5.74) is 8.63. The average molecular weight is 574 g/mol. The molecule has 2 aliphatic rings. The molecule has 3 heteroatoms. The summed E-state index contributed by atoms with van der Waals surface area (Å²) < 4.78 is -0.442. The molecule has 0 saturated heterocycles. The van der Waals surface area contributed by atoms with Gasteiger partial charge in [-0.15, -0.1) is 0 Å². The van der Waals surface area contributed by atoms with Crippen LogP contribution < -0.4 is 0 Å². The second-order valence-electron chi connectivity index (χ2n) is 11.3. The molecule has 2 aliphatic carbocycles. The Morgan fingerprint density at radius 3 is 1.32 bits per heavy atom. The van der Waals surface area contributed by atoms with Gasteiger partial charge in [0, 0.05) is 0 Å². The monoisotopic (exact) mass is 572 g/mol. The van der Waals surface area contributed by atoms with Crippen LogP contribution in [0, 0.1) is 0 Å². The Balaban J connectivity index is 2.02. The summed E-state index contributed by atoms with van der Waals surface area (Å²) in [5.74, 6) is 0. The third-order valence-electron chi connectivity index (χ3n) is 9.08. The summed E-state index contributed by atoms with van der Waals surface area (Å²) in [5, 5.41) is 0. The molecule has 0 fully saturated rings. The number of hydrogen-bond acceptors (Lipinski definition) is 0. The van der Waals surface area contributed by atoms with Crippen molar-refractivity contribution >= 4 is 30.8 Å². The van der Waals surface area contributed by atoms with E-state index in [0.29, 0.717) is 0 Å². The van der Waals surface area contributed by atoms with Crippen molar-refractivity contribution in [2.45, 2.75) is 112 Å². The van der Waals surface area contributed by atoms with Crippen molar-refractivity contribution in [1.82, 2.24) is 0 Å². The molecule has 4 rings (SSSR count). The number of unbranched alkanes of at least 4 members (excludes halogenated alkanes) is 4. The van der Waals surface area contributed by atoms with Gasteiger partial charge in [0.1, 0.15) is 0 Å². The van der Waals surface area contributed by atoms with Crippen LogP contribution in [0.4, 0.5) is 0 Å². The summed E-state index contributed by atoms with van der Waals surface area (Å²) in [6.07, 6.45) is 18.7. The predicted molar refractivity (Wildman–Crippen MR) is 162 cm³/mol. The zero-order chi connectivity index (χ0) is 26.5. The molecular weight excluding hydrogens is 527 g/mol. The van der Waals surface area contributed by atoms with E-state index < -0.39 is 14.5 Å². The molecule has 2 unspecified atom stereocenters. The molecular formula is C34H46Cl2Ti. The van der Waals surface area contributed by atoms with Gasteiger partial charge in [-0.2, -0.15) is 0 Å². The van der Waals surface area contributed by atoms with Gasteiger partial charge in [0.25, 0.3) is 0 Å². The maximum atomic E-state index is 8.41. The summed E-state index contributed by atoms with van der Waals surface area (Å²) in [4.78, 5) is 0. The average Bonchev–Trinajstić information content (AvgIpc) is 3.42. The Bertz CT molecular complexity index is 1040. The molecule has 0 radical (unpaired) electrons. The van der Waals surface area contributed by atoms with Crippen LogP contribution in [0.25, 0.3) is 12.2 Å². The third-order valence-corrected chi connectivity index (χ3v) is 20.4. The van der Waals surface area contributed by atoms with Gasteiger partial charge in [-0.3, -0.25) is 0 Å². The quantitative estimate of drug-likeness (QED) is 0.197. The van der Waals surface area contributed by atoms with Crippen molar-refractivity contribution in [3.63, 3.8) is 0 Å². The minimum absolute atomic E-state index is 0.221. The molecule has 0 saturated carbocycles. The first-order valence-electron chi connectivity index (χ1n) is 14.9. The molecule has 37 heavy (non-hydrogen) atoms. The Morgan fingerprint density at radius 2 is 0.946 bits per heavy atom. The zero-order valence-corrected chi connectivity index (χ0v) is 26.6. The standard InChI is InChI=1S/2C17H23.2ClH.Ti/c2*1-3-5-9-14-13-15-10-7-8-12-17(15)16(14)11-6-4-2;;;/h2*7-8,10,12-13H,3-6,9,11H2,1-2H3;2*1H;/q;;;;+2/p-2. The van der Waals surface area contributed by atoms with Gasteiger partial charge < -0.3 is 0 Å². The molecule has 0 spiro atoms. The van der Waals surface area contributed by atoms with Gasteiger partial charge in [0.2, 0.25) is 0 Å². The summed E-state index contributed by atoms with van der Waals surface area (Å²) in [6.45, 7) is 9.22. The van der Waals surface area contributed by atoms with Crippen LogP contribution in [0.2, 0.25) is 0 Å². The van der Waals surface area contributed by atoms with Crippen molar-refractivity contribution in [1.29, 1.82) is 0 Å². The summed E-state index contributed by atoms with van der Waals surface area (Å²) >= 11 is -3.88. The number of rotatable bonds is 14. The number of benzene rings is 2. The molecule has 200 valence electrons. The van der Waals surface area contributed by atoms with Gasteiger partial charge in [-0.1, -0.05) is 0 Å². The van der Waals surface area contributed by atoms with E-state index in [4.69, 9.17) is 18.6 Å². The maximum absolute atomic E-state index is 8.41. The summed E-state index contributed by atoms with van der Waals surface area (Å²) in [7, 11) is 16.8. The fourth-order valence-corrected chi connectivity index (χ4v) is 18.7. The molecule has 0 N–H and O–H groups in total. The molecule has 0 amide bonds. The van der Waals surface area contributed by atoms with Gasteiger partial charge in [-0.25, -0.2) is 0 Å². The Kier molecular flexibility index (Phi) is 9.94. The summed E-state index contributed by atoms with van der Waals surface area (Å²) in [6, 6.07) is 18.2. The van der Waals surface area contributed by atoms with Crippen LogP contribution >= 0.6 is 18.6 Å². The van der Waals surface area contributed by atoms with Crippen molar-refractivity contribution in [3.8, 4) is 0 Å². The normalized spacial score (nSPS) is 22.5. The van der Waals surface area contributed by atoms with Gasteiger partial charge in [-0.05, 0) is 0 Å². The van der Waals surface area contributed by atoms with E-state index in [1.165, 1.54) is 59.1 Å². The number of hydrogen-bond donors (Lipinski definition) is 0. The van der Waals surface area contributed by atoms with Crippen LogP contribution in [0.15, 0.2) is 59.7 Å². The first-order chi connectivity index (χ1) is 17.9.